The summed E-state index contributed by atoms with van der Waals surface area (Å²) in [6.45, 7) is 0.622. The Morgan fingerprint density at radius 1 is 0.879 bits per heavy atom. The van der Waals surface area contributed by atoms with Crippen LogP contribution in [0.4, 0.5) is 5.69 Å². The molecule has 166 valence electrons. The quantitative estimate of drug-likeness (QED) is 0.373. The SMILES string of the molecule is O=C(NCc1ccc(Cl)cc1)c1ccc(NC(=O)c2nnc(COc3ccccc3)s2)cc1. The topological polar surface area (TPSA) is 93.2 Å². The molecule has 0 spiro atoms. The van der Waals surface area contributed by atoms with E-state index in [1.54, 1.807) is 36.4 Å². The lowest BCUT2D eigenvalue weighted by Gasteiger charge is -2.07. The Balaban J connectivity index is 1.28. The molecule has 2 amide bonds. The largest absolute Gasteiger partial charge is 0.486 e. The summed E-state index contributed by atoms with van der Waals surface area (Å²) in [5.41, 5.74) is 1.98. The Labute approximate surface area is 199 Å². The van der Waals surface area contributed by atoms with Crippen LogP contribution >= 0.6 is 22.9 Å². The van der Waals surface area contributed by atoms with Gasteiger partial charge in [-0.25, -0.2) is 0 Å². The van der Waals surface area contributed by atoms with E-state index in [0.717, 1.165) is 22.6 Å². The number of carbonyl (C=O) groups excluding carboxylic acids is 2. The van der Waals surface area contributed by atoms with E-state index < -0.39 is 0 Å². The van der Waals surface area contributed by atoms with Crippen molar-refractivity contribution in [2.24, 2.45) is 0 Å². The summed E-state index contributed by atoms with van der Waals surface area (Å²) in [4.78, 5) is 24.8. The van der Waals surface area contributed by atoms with Crippen LogP contribution in [0.25, 0.3) is 0 Å². The lowest BCUT2D eigenvalue weighted by Crippen LogP contribution is -2.22. The smallest absolute Gasteiger partial charge is 0.286 e. The molecule has 0 radical (unpaired) electrons. The highest BCUT2D eigenvalue weighted by Gasteiger charge is 2.14. The van der Waals surface area contributed by atoms with E-state index in [-0.39, 0.29) is 23.4 Å². The number of aromatic nitrogens is 2. The normalized spacial score (nSPS) is 10.5. The zero-order chi connectivity index (χ0) is 23.0. The maximum Gasteiger partial charge on any atom is 0.286 e. The zero-order valence-electron chi connectivity index (χ0n) is 17.3. The molecule has 0 unspecified atom stereocenters. The number of ether oxygens (including phenoxy) is 1. The maximum atomic E-state index is 12.5. The first-order valence-corrected chi connectivity index (χ1v) is 11.2. The molecule has 0 aliphatic rings. The van der Waals surface area contributed by atoms with Gasteiger partial charge in [-0.1, -0.05) is 53.3 Å². The molecule has 4 aromatic rings. The summed E-state index contributed by atoms with van der Waals surface area (Å²) in [6, 6.07) is 23.2. The molecule has 0 aliphatic heterocycles. The van der Waals surface area contributed by atoms with Crippen LogP contribution in [0.15, 0.2) is 78.9 Å². The van der Waals surface area contributed by atoms with Gasteiger partial charge in [0, 0.05) is 22.8 Å². The van der Waals surface area contributed by atoms with Crippen LogP contribution in [0, 0.1) is 0 Å². The van der Waals surface area contributed by atoms with Crippen LogP contribution in [0.1, 0.15) is 30.7 Å². The number of amides is 2. The van der Waals surface area contributed by atoms with E-state index in [4.69, 9.17) is 16.3 Å². The molecule has 0 fully saturated rings. The summed E-state index contributed by atoms with van der Waals surface area (Å²) < 4.78 is 5.62. The standard InChI is InChI=1S/C24H19ClN4O3S/c25-18-10-6-16(7-11-18)14-26-22(30)17-8-12-19(13-9-17)27-23(31)24-29-28-21(33-24)15-32-20-4-2-1-3-5-20/h1-13H,14-15H2,(H,26,30)(H,27,31). The molecule has 0 atom stereocenters. The number of hydrogen-bond acceptors (Lipinski definition) is 6. The molecule has 1 heterocycles. The van der Waals surface area contributed by atoms with Crippen LogP contribution in [0.5, 0.6) is 5.75 Å². The molecule has 0 bridgehead atoms. The summed E-state index contributed by atoms with van der Waals surface area (Å²) in [6.07, 6.45) is 0. The number of rotatable bonds is 8. The second-order valence-corrected chi connectivity index (χ2v) is 8.44. The average Bonchev–Trinajstić information content (AvgIpc) is 3.33. The van der Waals surface area contributed by atoms with Crippen molar-refractivity contribution >= 4 is 40.4 Å². The molecule has 9 heteroatoms. The fourth-order valence-corrected chi connectivity index (χ4v) is 3.62. The molecule has 1 aromatic heterocycles. The summed E-state index contributed by atoms with van der Waals surface area (Å²) >= 11 is 7.03. The monoisotopic (exact) mass is 478 g/mol. The molecule has 0 saturated heterocycles. The van der Waals surface area contributed by atoms with Crippen molar-refractivity contribution < 1.29 is 14.3 Å². The van der Waals surface area contributed by atoms with E-state index in [1.165, 1.54) is 0 Å². The Bertz CT molecular complexity index is 1230. The number of para-hydroxylation sites is 1. The third-order valence-corrected chi connectivity index (χ3v) is 5.69. The molecule has 33 heavy (non-hydrogen) atoms. The highest BCUT2D eigenvalue weighted by Crippen LogP contribution is 2.17. The summed E-state index contributed by atoms with van der Waals surface area (Å²) in [5, 5.41) is 15.0. The van der Waals surface area contributed by atoms with Gasteiger partial charge in [0.1, 0.15) is 12.4 Å². The minimum absolute atomic E-state index is 0.213. The third kappa shape index (κ3) is 6.38. The van der Waals surface area contributed by atoms with Crippen molar-refractivity contribution in [3.05, 3.63) is 105 Å². The third-order valence-electron chi connectivity index (χ3n) is 4.54. The fraction of sp³-hybridized carbons (Fsp3) is 0.0833. The summed E-state index contributed by atoms with van der Waals surface area (Å²) in [5.74, 6) is 0.129. The van der Waals surface area contributed by atoms with Crippen LogP contribution in [-0.2, 0) is 13.2 Å². The van der Waals surface area contributed by atoms with Gasteiger partial charge in [-0.15, -0.1) is 10.2 Å². The van der Waals surface area contributed by atoms with Crippen LogP contribution in [-0.4, -0.2) is 22.0 Å². The van der Waals surface area contributed by atoms with Crippen molar-refractivity contribution in [1.82, 2.24) is 15.5 Å². The molecule has 7 nitrogen and oxygen atoms in total. The molecular formula is C24H19ClN4O3S. The lowest BCUT2D eigenvalue weighted by atomic mass is 10.1. The molecule has 4 rings (SSSR count). The molecular weight excluding hydrogens is 460 g/mol. The molecule has 3 aromatic carbocycles. The van der Waals surface area contributed by atoms with Gasteiger partial charge in [0.05, 0.1) is 0 Å². The number of halogens is 1. The van der Waals surface area contributed by atoms with E-state index >= 15 is 0 Å². The van der Waals surface area contributed by atoms with Crippen molar-refractivity contribution in [3.8, 4) is 5.75 Å². The van der Waals surface area contributed by atoms with Gasteiger partial charge in [0.2, 0.25) is 5.01 Å². The summed E-state index contributed by atoms with van der Waals surface area (Å²) in [7, 11) is 0. The second-order valence-electron chi connectivity index (χ2n) is 6.94. The van der Waals surface area contributed by atoms with Crippen molar-refractivity contribution in [2.45, 2.75) is 13.2 Å². The first kappa shape index (κ1) is 22.4. The van der Waals surface area contributed by atoms with Gasteiger partial charge < -0.3 is 15.4 Å². The molecule has 0 saturated carbocycles. The number of anilines is 1. The lowest BCUT2D eigenvalue weighted by molar-refractivity contribution is 0.0950. The number of nitrogens with one attached hydrogen (secondary N) is 2. The highest BCUT2D eigenvalue weighted by atomic mass is 35.5. The van der Waals surface area contributed by atoms with Crippen LogP contribution in [0.3, 0.4) is 0 Å². The number of nitrogens with zero attached hydrogens (tertiary/aromatic N) is 2. The number of benzene rings is 3. The molecule has 2 N–H and O–H groups in total. The maximum absolute atomic E-state index is 12.5. The van der Waals surface area contributed by atoms with E-state index in [0.29, 0.717) is 27.8 Å². The highest BCUT2D eigenvalue weighted by molar-refractivity contribution is 7.13. The van der Waals surface area contributed by atoms with Crippen molar-refractivity contribution in [1.29, 1.82) is 0 Å². The Kier molecular flexibility index (Phi) is 7.29. The molecule has 0 aliphatic carbocycles. The number of hydrogen-bond donors (Lipinski definition) is 2. The zero-order valence-corrected chi connectivity index (χ0v) is 18.9. The first-order valence-electron chi connectivity index (χ1n) is 10.0. The Morgan fingerprint density at radius 3 is 2.33 bits per heavy atom. The van der Waals surface area contributed by atoms with Gasteiger partial charge in [-0.2, -0.15) is 0 Å². The minimum Gasteiger partial charge on any atom is -0.486 e. The van der Waals surface area contributed by atoms with E-state index in [1.807, 2.05) is 42.5 Å². The average molecular weight is 479 g/mol. The first-order chi connectivity index (χ1) is 16.1. The predicted molar refractivity (Wildman–Crippen MR) is 128 cm³/mol. The minimum atomic E-state index is -0.376. The van der Waals surface area contributed by atoms with Crippen molar-refractivity contribution in [3.63, 3.8) is 0 Å². The van der Waals surface area contributed by atoms with E-state index in [2.05, 4.69) is 20.8 Å². The predicted octanol–water partition coefficient (Wildman–Crippen LogP) is 4.95. The van der Waals surface area contributed by atoms with Gasteiger partial charge >= 0.3 is 0 Å². The second kappa shape index (κ2) is 10.7. The number of carbonyl (C=O) groups is 2. The van der Waals surface area contributed by atoms with Crippen LogP contribution < -0.4 is 15.4 Å². The van der Waals surface area contributed by atoms with Gasteiger partial charge in [-0.05, 0) is 54.1 Å². The van der Waals surface area contributed by atoms with Gasteiger partial charge in [-0.3, -0.25) is 9.59 Å². The van der Waals surface area contributed by atoms with Crippen molar-refractivity contribution in [2.75, 3.05) is 5.32 Å². The van der Waals surface area contributed by atoms with Crippen LogP contribution in [0.2, 0.25) is 5.02 Å². The fourth-order valence-electron chi connectivity index (χ4n) is 2.84. The van der Waals surface area contributed by atoms with Gasteiger partial charge in [0.25, 0.3) is 11.8 Å². The Hall–Kier alpha value is -3.75. The Morgan fingerprint density at radius 2 is 1.61 bits per heavy atom. The van der Waals surface area contributed by atoms with Gasteiger partial charge in [0.15, 0.2) is 5.01 Å². The van der Waals surface area contributed by atoms with E-state index in [9.17, 15) is 9.59 Å².